The summed E-state index contributed by atoms with van der Waals surface area (Å²) in [5.41, 5.74) is 1.10. The van der Waals surface area contributed by atoms with E-state index in [-0.39, 0.29) is 12.4 Å². The summed E-state index contributed by atoms with van der Waals surface area (Å²) in [5, 5.41) is 0. The van der Waals surface area contributed by atoms with Gasteiger partial charge in [0.05, 0.1) is 18.2 Å². The van der Waals surface area contributed by atoms with Crippen molar-refractivity contribution in [2.45, 2.75) is 6.92 Å². The van der Waals surface area contributed by atoms with Crippen molar-refractivity contribution in [3.63, 3.8) is 0 Å². The van der Waals surface area contributed by atoms with Crippen molar-refractivity contribution in [3.05, 3.63) is 41.5 Å². The Morgan fingerprint density at radius 3 is 2.75 bits per heavy atom. The number of carbonyl (C=O) groups excluding carboxylic acids is 2. The van der Waals surface area contributed by atoms with Crippen molar-refractivity contribution in [2.24, 2.45) is 0 Å². The zero-order valence-electron chi connectivity index (χ0n) is 8.73. The van der Waals surface area contributed by atoms with Crippen LogP contribution < -0.4 is 0 Å². The maximum absolute atomic E-state index is 11.4. The van der Waals surface area contributed by atoms with Gasteiger partial charge in [-0.3, -0.25) is 0 Å². The van der Waals surface area contributed by atoms with Gasteiger partial charge in [0.15, 0.2) is 0 Å². The molecule has 0 unspecified atom stereocenters. The molecule has 0 aliphatic carbocycles. The first-order chi connectivity index (χ1) is 7.72. The molecule has 1 heterocycles. The van der Waals surface area contributed by atoms with E-state index in [1.807, 2.05) is 0 Å². The summed E-state index contributed by atoms with van der Waals surface area (Å²) in [6.45, 7) is 2.00. The molecule has 0 N–H and O–H groups in total. The molecular weight excluding hydrogens is 208 g/mol. The third-order valence-corrected chi connectivity index (χ3v) is 2.15. The second-order valence-corrected chi connectivity index (χ2v) is 3.20. The quantitative estimate of drug-likeness (QED) is 0.560. The average molecular weight is 218 g/mol. The van der Waals surface area contributed by atoms with E-state index < -0.39 is 11.9 Å². The van der Waals surface area contributed by atoms with Crippen LogP contribution in [0.3, 0.4) is 0 Å². The van der Waals surface area contributed by atoms with Gasteiger partial charge in [0.1, 0.15) is 5.76 Å². The summed E-state index contributed by atoms with van der Waals surface area (Å²) < 4.78 is 9.72. The molecule has 1 aliphatic heterocycles. The molecule has 0 aromatic heterocycles. The number of fused-ring (bicyclic) bond motifs is 1. The van der Waals surface area contributed by atoms with Crippen molar-refractivity contribution in [1.29, 1.82) is 0 Å². The lowest BCUT2D eigenvalue weighted by molar-refractivity contribution is -0.137. The van der Waals surface area contributed by atoms with E-state index in [4.69, 9.17) is 9.47 Å². The Morgan fingerprint density at radius 1 is 1.38 bits per heavy atom. The molecule has 1 aromatic rings. The number of esters is 2. The summed E-state index contributed by atoms with van der Waals surface area (Å²) in [7, 11) is 0. The number of rotatable bonds is 2. The molecule has 1 aliphatic rings. The molecule has 0 fully saturated rings. The van der Waals surface area contributed by atoms with Gasteiger partial charge in [-0.2, -0.15) is 0 Å². The zero-order chi connectivity index (χ0) is 11.5. The second-order valence-electron chi connectivity index (χ2n) is 3.20. The molecule has 2 rings (SSSR count). The molecule has 0 radical (unpaired) electrons. The van der Waals surface area contributed by atoms with Gasteiger partial charge < -0.3 is 9.47 Å². The van der Waals surface area contributed by atoms with Gasteiger partial charge in [0, 0.05) is 5.56 Å². The number of hydrogen-bond donors (Lipinski definition) is 0. The minimum atomic E-state index is -0.512. The van der Waals surface area contributed by atoms with E-state index in [0.717, 1.165) is 0 Å². The van der Waals surface area contributed by atoms with E-state index in [2.05, 4.69) is 0 Å². The van der Waals surface area contributed by atoms with Crippen LogP contribution in [0.5, 0.6) is 0 Å². The van der Waals surface area contributed by atoms with Gasteiger partial charge in [-0.15, -0.1) is 0 Å². The molecule has 0 bridgehead atoms. The van der Waals surface area contributed by atoms with E-state index in [0.29, 0.717) is 11.1 Å². The Hall–Kier alpha value is -2.10. The number of cyclic esters (lactones) is 1. The first-order valence-electron chi connectivity index (χ1n) is 4.92. The topological polar surface area (TPSA) is 52.6 Å². The average Bonchev–Trinajstić information content (AvgIpc) is 2.57. The standard InChI is InChI=1S/C12H10O4/c1-2-15-11(13)7-10-8-5-3-4-6-9(8)12(14)16-10/h3-7H,2H2,1H3. The minimum Gasteiger partial charge on any atom is -0.463 e. The highest BCUT2D eigenvalue weighted by Gasteiger charge is 2.26. The number of hydrogen-bond acceptors (Lipinski definition) is 4. The van der Waals surface area contributed by atoms with E-state index >= 15 is 0 Å². The Labute approximate surface area is 92.5 Å². The van der Waals surface area contributed by atoms with Crippen molar-refractivity contribution in [1.82, 2.24) is 0 Å². The van der Waals surface area contributed by atoms with Gasteiger partial charge in [-0.05, 0) is 13.0 Å². The van der Waals surface area contributed by atoms with Crippen LogP contribution in [0.4, 0.5) is 0 Å². The lowest BCUT2D eigenvalue weighted by Crippen LogP contribution is -2.01. The largest absolute Gasteiger partial charge is 0.463 e. The molecule has 0 saturated heterocycles. The van der Waals surface area contributed by atoms with Crippen molar-refractivity contribution >= 4 is 17.7 Å². The molecule has 4 nitrogen and oxygen atoms in total. The maximum atomic E-state index is 11.4. The summed E-state index contributed by atoms with van der Waals surface area (Å²) in [6.07, 6.45) is 1.19. The second kappa shape index (κ2) is 4.18. The molecule has 0 spiro atoms. The Morgan fingerprint density at radius 2 is 2.06 bits per heavy atom. The third-order valence-electron chi connectivity index (χ3n) is 2.15. The lowest BCUT2D eigenvalue weighted by atomic mass is 10.1. The van der Waals surface area contributed by atoms with Crippen LogP contribution in [0.15, 0.2) is 30.3 Å². The summed E-state index contributed by atoms with van der Waals surface area (Å²) in [6, 6.07) is 6.90. The summed E-state index contributed by atoms with van der Waals surface area (Å²) >= 11 is 0. The molecule has 4 heteroatoms. The highest BCUT2D eigenvalue weighted by molar-refractivity contribution is 6.05. The van der Waals surface area contributed by atoms with Gasteiger partial charge in [-0.25, -0.2) is 9.59 Å². The predicted molar refractivity (Wildman–Crippen MR) is 56.5 cm³/mol. The number of benzene rings is 1. The summed E-state index contributed by atoms with van der Waals surface area (Å²) in [5.74, 6) is -0.702. The van der Waals surface area contributed by atoms with E-state index in [1.165, 1.54) is 6.08 Å². The van der Waals surface area contributed by atoms with Crippen LogP contribution in [0, 0.1) is 0 Å². The Balaban J connectivity index is 2.34. The molecular formula is C12H10O4. The molecule has 16 heavy (non-hydrogen) atoms. The van der Waals surface area contributed by atoms with Gasteiger partial charge in [0.25, 0.3) is 0 Å². The Kier molecular flexibility index (Phi) is 2.72. The highest BCUT2D eigenvalue weighted by Crippen LogP contribution is 2.29. The van der Waals surface area contributed by atoms with Crippen molar-refractivity contribution < 1.29 is 19.1 Å². The number of carbonyl (C=O) groups is 2. The van der Waals surface area contributed by atoms with Crippen molar-refractivity contribution in [2.75, 3.05) is 6.61 Å². The monoisotopic (exact) mass is 218 g/mol. The van der Waals surface area contributed by atoms with Gasteiger partial charge in [-0.1, -0.05) is 18.2 Å². The van der Waals surface area contributed by atoms with Crippen LogP contribution in [0.25, 0.3) is 5.76 Å². The number of ether oxygens (including phenoxy) is 2. The van der Waals surface area contributed by atoms with Crippen LogP contribution >= 0.6 is 0 Å². The zero-order valence-corrected chi connectivity index (χ0v) is 8.73. The van der Waals surface area contributed by atoms with Crippen LogP contribution in [-0.2, 0) is 14.3 Å². The lowest BCUT2D eigenvalue weighted by Gasteiger charge is -1.98. The molecule has 0 amide bonds. The van der Waals surface area contributed by atoms with Gasteiger partial charge in [0.2, 0.25) is 0 Å². The molecule has 1 aromatic carbocycles. The summed E-state index contributed by atoms with van der Waals surface area (Å²) in [4.78, 5) is 22.6. The fraction of sp³-hybridized carbons (Fsp3) is 0.167. The van der Waals surface area contributed by atoms with Crippen LogP contribution in [0.1, 0.15) is 22.8 Å². The minimum absolute atomic E-state index is 0.249. The van der Waals surface area contributed by atoms with E-state index in [1.54, 1.807) is 31.2 Å². The highest BCUT2D eigenvalue weighted by atomic mass is 16.6. The fourth-order valence-corrected chi connectivity index (χ4v) is 1.48. The van der Waals surface area contributed by atoms with Gasteiger partial charge >= 0.3 is 11.9 Å². The first kappa shape index (κ1) is 10.4. The smallest absolute Gasteiger partial charge is 0.344 e. The first-order valence-corrected chi connectivity index (χ1v) is 4.92. The maximum Gasteiger partial charge on any atom is 0.344 e. The molecule has 0 saturated carbocycles. The SMILES string of the molecule is CCOC(=O)C=C1OC(=O)c2ccccc21. The van der Waals surface area contributed by atoms with Crippen LogP contribution in [-0.4, -0.2) is 18.5 Å². The fourth-order valence-electron chi connectivity index (χ4n) is 1.48. The predicted octanol–water partition coefficient (Wildman–Crippen LogP) is 1.76. The molecule has 0 atom stereocenters. The Bertz CT molecular complexity index is 474. The van der Waals surface area contributed by atoms with E-state index in [9.17, 15) is 9.59 Å². The van der Waals surface area contributed by atoms with Crippen molar-refractivity contribution in [3.8, 4) is 0 Å². The van der Waals surface area contributed by atoms with Crippen LogP contribution in [0.2, 0.25) is 0 Å². The normalized spacial score (nSPS) is 15.8. The molecule has 82 valence electrons. The third kappa shape index (κ3) is 1.82.